The first-order valence-electron chi connectivity index (χ1n) is 3.98. The molecule has 1 saturated carbocycles. The highest BCUT2D eigenvalue weighted by molar-refractivity contribution is 5.85. The standard InChI is InChI=1S/C8H13NO2.ClH/c1-8-3-5(9-4-8)6(8)7(10)11-2;/h5-6,9H,3-4H2,1-2H3;1H. The summed E-state index contributed by atoms with van der Waals surface area (Å²) in [6, 6.07) is 0.396. The van der Waals surface area contributed by atoms with Crippen molar-refractivity contribution >= 4 is 18.4 Å². The van der Waals surface area contributed by atoms with Crippen LogP contribution in [0.15, 0.2) is 0 Å². The SMILES string of the molecule is COC(=O)C1C2CC1(C)CN2.Cl. The van der Waals surface area contributed by atoms with Crippen LogP contribution in [-0.4, -0.2) is 25.7 Å². The molecule has 0 aromatic rings. The quantitative estimate of drug-likeness (QED) is 0.617. The van der Waals surface area contributed by atoms with Crippen LogP contribution in [0.3, 0.4) is 0 Å². The van der Waals surface area contributed by atoms with E-state index in [0.717, 1.165) is 13.0 Å². The van der Waals surface area contributed by atoms with Gasteiger partial charge in [0.25, 0.3) is 0 Å². The third-order valence-corrected chi connectivity index (χ3v) is 3.06. The van der Waals surface area contributed by atoms with Crippen LogP contribution < -0.4 is 5.32 Å². The Morgan fingerprint density at radius 2 is 2.33 bits per heavy atom. The number of ether oxygens (including phenoxy) is 1. The summed E-state index contributed by atoms with van der Waals surface area (Å²) >= 11 is 0. The zero-order chi connectivity index (χ0) is 8.06. The molecule has 3 fully saturated rings. The number of carbonyl (C=O) groups is 1. The fourth-order valence-corrected chi connectivity index (χ4v) is 2.38. The van der Waals surface area contributed by atoms with Crippen LogP contribution in [-0.2, 0) is 9.53 Å². The Morgan fingerprint density at radius 3 is 2.67 bits per heavy atom. The van der Waals surface area contributed by atoms with Gasteiger partial charge in [-0.2, -0.15) is 0 Å². The molecule has 0 aromatic carbocycles. The van der Waals surface area contributed by atoms with Gasteiger partial charge in [0.15, 0.2) is 0 Å². The number of nitrogens with one attached hydrogen (secondary N) is 1. The summed E-state index contributed by atoms with van der Waals surface area (Å²) in [5.41, 5.74) is 0.192. The molecule has 3 rings (SSSR count). The molecule has 0 aromatic heterocycles. The lowest BCUT2D eigenvalue weighted by atomic mass is 9.62. The summed E-state index contributed by atoms with van der Waals surface area (Å²) in [5, 5.41) is 3.30. The van der Waals surface area contributed by atoms with E-state index in [1.165, 1.54) is 7.11 Å². The molecule has 2 heterocycles. The predicted octanol–water partition coefficient (Wildman–Crippen LogP) is 0.579. The average molecular weight is 192 g/mol. The fraction of sp³-hybridized carbons (Fsp3) is 0.875. The van der Waals surface area contributed by atoms with Crippen molar-refractivity contribution in [2.24, 2.45) is 11.3 Å². The van der Waals surface area contributed by atoms with E-state index in [1.54, 1.807) is 0 Å². The molecule has 1 aliphatic carbocycles. The highest BCUT2D eigenvalue weighted by Gasteiger charge is 2.59. The Morgan fingerprint density at radius 1 is 1.67 bits per heavy atom. The highest BCUT2D eigenvalue weighted by Crippen LogP contribution is 2.51. The molecule has 3 atom stereocenters. The number of esters is 1. The topological polar surface area (TPSA) is 38.3 Å². The van der Waals surface area contributed by atoms with Gasteiger partial charge in [-0.1, -0.05) is 6.92 Å². The Kier molecular flexibility index (Phi) is 2.36. The lowest BCUT2D eigenvalue weighted by Crippen LogP contribution is -2.49. The van der Waals surface area contributed by atoms with Crippen LogP contribution in [0.25, 0.3) is 0 Å². The third kappa shape index (κ3) is 1.04. The van der Waals surface area contributed by atoms with E-state index < -0.39 is 0 Å². The largest absolute Gasteiger partial charge is 0.469 e. The van der Waals surface area contributed by atoms with E-state index in [4.69, 9.17) is 4.74 Å². The van der Waals surface area contributed by atoms with Crippen molar-refractivity contribution in [3.05, 3.63) is 0 Å². The van der Waals surface area contributed by atoms with Gasteiger partial charge in [0, 0.05) is 12.6 Å². The minimum atomic E-state index is -0.0475. The molecular weight excluding hydrogens is 178 g/mol. The van der Waals surface area contributed by atoms with Gasteiger partial charge in [0.05, 0.1) is 13.0 Å². The van der Waals surface area contributed by atoms with Crippen molar-refractivity contribution < 1.29 is 9.53 Å². The number of carbonyl (C=O) groups excluding carboxylic acids is 1. The van der Waals surface area contributed by atoms with Crippen molar-refractivity contribution in [2.45, 2.75) is 19.4 Å². The van der Waals surface area contributed by atoms with Crippen LogP contribution in [0.4, 0.5) is 0 Å². The Bertz CT molecular complexity index is 205. The lowest BCUT2D eigenvalue weighted by molar-refractivity contribution is -0.154. The van der Waals surface area contributed by atoms with Gasteiger partial charge in [0.2, 0.25) is 0 Å². The van der Waals surface area contributed by atoms with Gasteiger partial charge in [-0.15, -0.1) is 12.4 Å². The van der Waals surface area contributed by atoms with Crippen LogP contribution in [0.5, 0.6) is 0 Å². The second kappa shape index (κ2) is 2.89. The van der Waals surface area contributed by atoms with Crippen molar-refractivity contribution in [1.29, 1.82) is 0 Å². The zero-order valence-corrected chi connectivity index (χ0v) is 8.11. The molecule has 0 radical (unpaired) electrons. The predicted molar refractivity (Wildman–Crippen MR) is 47.3 cm³/mol. The van der Waals surface area contributed by atoms with Gasteiger partial charge in [-0.25, -0.2) is 0 Å². The van der Waals surface area contributed by atoms with Gasteiger partial charge >= 0.3 is 5.97 Å². The van der Waals surface area contributed by atoms with Crippen LogP contribution >= 0.6 is 12.4 Å². The number of rotatable bonds is 1. The first-order chi connectivity index (χ1) is 5.17. The normalized spacial score (nSPS) is 42.8. The van der Waals surface area contributed by atoms with Gasteiger partial charge in [0.1, 0.15) is 0 Å². The average Bonchev–Trinajstić information content (AvgIpc) is 2.44. The second-order valence-corrected chi connectivity index (χ2v) is 3.85. The highest BCUT2D eigenvalue weighted by atomic mass is 35.5. The Balaban J connectivity index is 0.000000720. The number of halogens is 1. The van der Waals surface area contributed by atoms with Crippen LogP contribution in [0.1, 0.15) is 13.3 Å². The number of fused-ring (bicyclic) bond motifs is 1. The van der Waals surface area contributed by atoms with Crippen LogP contribution in [0.2, 0.25) is 0 Å². The number of hydrogen-bond acceptors (Lipinski definition) is 3. The Labute approximate surface area is 78.3 Å². The fourth-order valence-electron chi connectivity index (χ4n) is 2.38. The van der Waals surface area contributed by atoms with Crippen molar-refractivity contribution in [1.82, 2.24) is 5.32 Å². The molecule has 0 amide bonds. The number of hydrogen-bond donors (Lipinski definition) is 1. The molecular formula is C8H14ClNO2. The molecule has 1 N–H and O–H groups in total. The van der Waals surface area contributed by atoms with E-state index >= 15 is 0 Å². The van der Waals surface area contributed by atoms with E-state index in [9.17, 15) is 4.79 Å². The molecule has 2 saturated heterocycles. The molecule has 3 unspecified atom stereocenters. The van der Waals surface area contributed by atoms with E-state index in [0.29, 0.717) is 6.04 Å². The minimum Gasteiger partial charge on any atom is -0.469 e. The smallest absolute Gasteiger partial charge is 0.310 e. The summed E-state index contributed by atoms with van der Waals surface area (Å²) in [6.45, 7) is 3.11. The minimum absolute atomic E-state index is 0. The maximum Gasteiger partial charge on any atom is 0.310 e. The van der Waals surface area contributed by atoms with E-state index in [-0.39, 0.29) is 29.7 Å². The van der Waals surface area contributed by atoms with Gasteiger partial charge < -0.3 is 10.1 Å². The third-order valence-electron chi connectivity index (χ3n) is 3.06. The summed E-state index contributed by atoms with van der Waals surface area (Å²) in [4.78, 5) is 11.2. The molecule has 4 heteroatoms. The summed E-state index contributed by atoms with van der Waals surface area (Å²) in [7, 11) is 1.46. The molecule has 3 aliphatic rings. The van der Waals surface area contributed by atoms with Gasteiger partial charge in [-0.3, -0.25) is 4.79 Å². The molecule has 2 bridgehead atoms. The van der Waals surface area contributed by atoms with Crippen molar-refractivity contribution in [3.8, 4) is 0 Å². The lowest BCUT2D eigenvalue weighted by Gasteiger charge is -2.41. The molecule has 70 valence electrons. The monoisotopic (exact) mass is 191 g/mol. The van der Waals surface area contributed by atoms with Crippen molar-refractivity contribution in [3.63, 3.8) is 0 Å². The molecule has 3 nitrogen and oxygen atoms in total. The van der Waals surface area contributed by atoms with Crippen LogP contribution in [0, 0.1) is 11.3 Å². The first kappa shape index (κ1) is 9.81. The molecule has 0 spiro atoms. The maximum absolute atomic E-state index is 11.2. The molecule has 12 heavy (non-hydrogen) atoms. The summed E-state index contributed by atoms with van der Waals surface area (Å²) in [5.74, 6) is 0.0706. The zero-order valence-electron chi connectivity index (χ0n) is 7.29. The summed E-state index contributed by atoms with van der Waals surface area (Å²) in [6.07, 6.45) is 1.13. The van der Waals surface area contributed by atoms with E-state index in [1.807, 2.05) is 0 Å². The summed E-state index contributed by atoms with van der Waals surface area (Å²) < 4.78 is 4.72. The van der Waals surface area contributed by atoms with Gasteiger partial charge in [-0.05, 0) is 11.8 Å². The van der Waals surface area contributed by atoms with E-state index in [2.05, 4.69) is 12.2 Å². The van der Waals surface area contributed by atoms with Crippen molar-refractivity contribution in [2.75, 3.05) is 13.7 Å². The maximum atomic E-state index is 11.2. The first-order valence-corrected chi connectivity index (χ1v) is 3.98. The Hall–Kier alpha value is -0.280. The second-order valence-electron chi connectivity index (χ2n) is 3.85. The number of methoxy groups -OCH3 is 1. The molecule has 2 aliphatic heterocycles.